The van der Waals surface area contributed by atoms with E-state index in [9.17, 15) is 0 Å². The van der Waals surface area contributed by atoms with Gasteiger partial charge >= 0.3 is 0 Å². The van der Waals surface area contributed by atoms with Gasteiger partial charge < -0.3 is 4.42 Å². The van der Waals surface area contributed by atoms with E-state index in [2.05, 4.69) is 27.8 Å². The maximum Gasteiger partial charge on any atom is 0.195 e. The van der Waals surface area contributed by atoms with Crippen molar-refractivity contribution in [3.63, 3.8) is 0 Å². The van der Waals surface area contributed by atoms with Crippen LogP contribution in [0.1, 0.15) is 5.89 Å². The van der Waals surface area contributed by atoms with E-state index in [1.807, 2.05) is 18.2 Å². The summed E-state index contributed by atoms with van der Waals surface area (Å²) < 4.78 is 6.18. The molecule has 0 unspecified atom stereocenters. The van der Waals surface area contributed by atoms with E-state index in [1.54, 1.807) is 0 Å². The van der Waals surface area contributed by atoms with E-state index >= 15 is 0 Å². The predicted molar refractivity (Wildman–Crippen MR) is 46.2 cm³/mol. The van der Waals surface area contributed by atoms with E-state index in [0.717, 1.165) is 15.6 Å². The fourth-order valence-electron chi connectivity index (χ4n) is 0.948. The molecule has 0 saturated carbocycles. The van der Waals surface area contributed by atoms with E-state index < -0.39 is 0 Å². The third-order valence-corrected chi connectivity index (χ3v) is 1.89. The first kappa shape index (κ1) is 6.85. The van der Waals surface area contributed by atoms with Crippen LogP contribution >= 0.6 is 15.9 Å². The van der Waals surface area contributed by atoms with Crippen LogP contribution in [-0.4, -0.2) is 4.98 Å². The van der Waals surface area contributed by atoms with Crippen LogP contribution in [0, 0.1) is 6.92 Å². The van der Waals surface area contributed by atoms with Crippen LogP contribution in [-0.2, 0) is 0 Å². The van der Waals surface area contributed by atoms with E-state index in [0.29, 0.717) is 5.89 Å². The molecule has 0 aliphatic heterocycles. The second-order valence-electron chi connectivity index (χ2n) is 2.22. The molecule has 0 amide bonds. The molecule has 0 atom stereocenters. The number of rotatable bonds is 0. The minimum atomic E-state index is 0.457. The number of nitrogens with zero attached hydrogens (tertiary/aromatic N) is 1. The average Bonchev–Trinajstić information content (AvgIpc) is 2.27. The van der Waals surface area contributed by atoms with Gasteiger partial charge in [-0.1, -0.05) is 15.9 Å². The fraction of sp³-hybridized carbons (Fsp3) is 0. The van der Waals surface area contributed by atoms with Crippen molar-refractivity contribution in [1.29, 1.82) is 0 Å². The molecule has 0 fully saturated rings. The highest BCUT2D eigenvalue weighted by Crippen LogP contribution is 2.19. The zero-order chi connectivity index (χ0) is 7.84. The molecule has 0 saturated heterocycles. The Morgan fingerprint density at radius 3 is 3.09 bits per heavy atom. The highest BCUT2D eigenvalue weighted by Gasteiger charge is 2.00. The first-order chi connectivity index (χ1) is 5.25. The molecule has 55 valence electrons. The summed E-state index contributed by atoms with van der Waals surface area (Å²) in [4.78, 5) is 4.07. The Hall–Kier alpha value is -0.830. The van der Waals surface area contributed by atoms with Gasteiger partial charge in [-0.2, -0.15) is 0 Å². The summed E-state index contributed by atoms with van der Waals surface area (Å²) in [6, 6.07) is 5.67. The molecule has 0 N–H and O–H groups in total. The van der Waals surface area contributed by atoms with E-state index in [4.69, 9.17) is 4.42 Å². The molecule has 1 radical (unpaired) electrons. The van der Waals surface area contributed by atoms with Crippen molar-refractivity contribution >= 4 is 27.0 Å². The molecule has 0 aliphatic carbocycles. The Balaban J connectivity index is 2.82. The fourth-order valence-corrected chi connectivity index (χ4v) is 1.30. The molecule has 11 heavy (non-hydrogen) atoms. The molecule has 2 nitrogen and oxygen atoms in total. The number of hydrogen-bond donors (Lipinski definition) is 0. The van der Waals surface area contributed by atoms with E-state index in [1.165, 1.54) is 0 Å². The van der Waals surface area contributed by atoms with Gasteiger partial charge in [-0.05, 0) is 18.2 Å². The number of hydrogen-bond acceptors (Lipinski definition) is 2. The highest BCUT2D eigenvalue weighted by atomic mass is 79.9. The third kappa shape index (κ3) is 1.16. The normalized spacial score (nSPS) is 10.7. The van der Waals surface area contributed by atoms with Crippen molar-refractivity contribution in [1.82, 2.24) is 4.98 Å². The molecule has 2 aromatic rings. The average molecular weight is 211 g/mol. The van der Waals surface area contributed by atoms with E-state index in [-0.39, 0.29) is 0 Å². The molecular formula is C8H5BrNO. The molecule has 0 bridgehead atoms. The van der Waals surface area contributed by atoms with Crippen LogP contribution in [0.4, 0.5) is 0 Å². The zero-order valence-electron chi connectivity index (χ0n) is 5.67. The smallest absolute Gasteiger partial charge is 0.195 e. The standard InChI is InChI=1S/C8H5BrNO/c1-5-10-7-4-6(9)2-3-8(7)11-5/h2-4H,1H2. The molecule has 3 heteroatoms. The summed E-state index contributed by atoms with van der Waals surface area (Å²) in [6.45, 7) is 3.59. The molecule has 0 spiro atoms. The maximum absolute atomic E-state index is 5.18. The Kier molecular flexibility index (Phi) is 1.46. The monoisotopic (exact) mass is 210 g/mol. The number of oxazole rings is 1. The highest BCUT2D eigenvalue weighted by molar-refractivity contribution is 9.10. The Morgan fingerprint density at radius 2 is 2.27 bits per heavy atom. The van der Waals surface area contributed by atoms with Crippen LogP contribution in [0.25, 0.3) is 11.1 Å². The van der Waals surface area contributed by atoms with Gasteiger partial charge in [-0.3, -0.25) is 0 Å². The molecular weight excluding hydrogens is 206 g/mol. The summed E-state index contributed by atoms with van der Waals surface area (Å²) in [7, 11) is 0. The van der Waals surface area contributed by atoms with Crippen LogP contribution in [0.5, 0.6) is 0 Å². The van der Waals surface area contributed by atoms with Gasteiger partial charge in [0, 0.05) is 11.4 Å². The van der Waals surface area contributed by atoms with Crippen LogP contribution in [0.2, 0.25) is 0 Å². The summed E-state index contributed by atoms with van der Waals surface area (Å²) in [5.41, 5.74) is 1.61. The summed E-state index contributed by atoms with van der Waals surface area (Å²) in [5.74, 6) is 0.457. The number of benzene rings is 1. The number of fused-ring (bicyclic) bond motifs is 1. The van der Waals surface area contributed by atoms with Crippen molar-refractivity contribution in [2.75, 3.05) is 0 Å². The molecule has 0 aliphatic rings. The lowest BCUT2D eigenvalue weighted by molar-refractivity contribution is 0.579. The second kappa shape index (κ2) is 2.34. The summed E-state index contributed by atoms with van der Waals surface area (Å²) >= 11 is 3.34. The van der Waals surface area contributed by atoms with Crippen molar-refractivity contribution < 1.29 is 4.42 Å². The van der Waals surface area contributed by atoms with Gasteiger partial charge in [-0.25, -0.2) is 4.98 Å². The Morgan fingerprint density at radius 1 is 1.45 bits per heavy atom. The minimum Gasteiger partial charge on any atom is -0.441 e. The molecule has 1 heterocycles. The van der Waals surface area contributed by atoms with Gasteiger partial charge in [0.05, 0.1) is 0 Å². The SMILES string of the molecule is [CH2]c1nc2cc(Br)ccc2o1. The number of halogens is 1. The maximum atomic E-state index is 5.18. The van der Waals surface area contributed by atoms with Gasteiger partial charge in [0.2, 0.25) is 0 Å². The minimum absolute atomic E-state index is 0.457. The van der Waals surface area contributed by atoms with Crippen molar-refractivity contribution in [2.45, 2.75) is 0 Å². The predicted octanol–water partition coefficient (Wildman–Crippen LogP) is 2.77. The summed E-state index contributed by atoms with van der Waals surface area (Å²) in [6.07, 6.45) is 0. The summed E-state index contributed by atoms with van der Waals surface area (Å²) in [5, 5.41) is 0. The molecule has 2 rings (SSSR count). The lowest BCUT2D eigenvalue weighted by atomic mass is 10.3. The first-order valence-electron chi connectivity index (χ1n) is 3.14. The zero-order valence-corrected chi connectivity index (χ0v) is 7.26. The van der Waals surface area contributed by atoms with Gasteiger partial charge in [0.1, 0.15) is 5.52 Å². The van der Waals surface area contributed by atoms with Gasteiger partial charge in [0.15, 0.2) is 11.5 Å². The van der Waals surface area contributed by atoms with Crippen LogP contribution in [0.3, 0.4) is 0 Å². The van der Waals surface area contributed by atoms with Crippen molar-refractivity contribution in [3.8, 4) is 0 Å². The van der Waals surface area contributed by atoms with Crippen molar-refractivity contribution in [2.24, 2.45) is 0 Å². The largest absolute Gasteiger partial charge is 0.441 e. The first-order valence-corrected chi connectivity index (χ1v) is 3.93. The van der Waals surface area contributed by atoms with Crippen LogP contribution in [0.15, 0.2) is 27.1 Å². The Bertz CT molecular complexity index is 394. The van der Waals surface area contributed by atoms with Crippen LogP contribution < -0.4 is 0 Å². The molecule has 1 aromatic carbocycles. The second-order valence-corrected chi connectivity index (χ2v) is 3.14. The third-order valence-electron chi connectivity index (χ3n) is 1.39. The number of aromatic nitrogens is 1. The van der Waals surface area contributed by atoms with Gasteiger partial charge in [-0.15, -0.1) is 0 Å². The lowest BCUT2D eigenvalue weighted by Crippen LogP contribution is -1.67. The lowest BCUT2D eigenvalue weighted by Gasteiger charge is -1.85. The molecule has 1 aromatic heterocycles. The Labute approximate surface area is 72.4 Å². The topological polar surface area (TPSA) is 26.0 Å². The van der Waals surface area contributed by atoms with Gasteiger partial charge in [0.25, 0.3) is 0 Å². The quantitative estimate of drug-likeness (QED) is 0.669. The van der Waals surface area contributed by atoms with Crippen molar-refractivity contribution in [3.05, 3.63) is 35.5 Å².